The van der Waals surface area contributed by atoms with Crippen molar-refractivity contribution >= 4 is 12.0 Å². The van der Waals surface area contributed by atoms with Gasteiger partial charge in [-0.25, -0.2) is 9.18 Å². The Morgan fingerprint density at radius 3 is 2.52 bits per heavy atom. The number of carbonyl (C=O) groups excluding carboxylic acids is 1. The van der Waals surface area contributed by atoms with Gasteiger partial charge < -0.3 is 15.3 Å². The van der Waals surface area contributed by atoms with Crippen LogP contribution in [0.3, 0.4) is 0 Å². The number of benzene rings is 1. The van der Waals surface area contributed by atoms with E-state index in [9.17, 15) is 14.0 Å². The van der Waals surface area contributed by atoms with Crippen LogP contribution in [0.15, 0.2) is 24.3 Å². The molecule has 0 aromatic heterocycles. The third-order valence-corrected chi connectivity index (χ3v) is 3.42. The summed E-state index contributed by atoms with van der Waals surface area (Å²) in [6, 6.07) is 6.10. The largest absolute Gasteiger partial charge is 0.481 e. The van der Waals surface area contributed by atoms with Gasteiger partial charge in [-0.05, 0) is 37.0 Å². The molecule has 5 nitrogen and oxygen atoms in total. The first kappa shape index (κ1) is 15.3. The number of nitrogens with zero attached hydrogens (tertiary/aromatic N) is 1. The lowest BCUT2D eigenvalue weighted by Gasteiger charge is -2.22. The number of amides is 2. The highest BCUT2D eigenvalue weighted by Crippen LogP contribution is 2.26. The summed E-state index contributed by atoms with van der Waals surface area (Å²) in [6.07, 6.45) is 2.45. The Balaban J connectivity index is 1.76. The molecule has 21 heavy (non-hydrogen) atoms. The molecule has 114 valence electrons. The van der Waals surface area contributed by atoms with E-state index in [1.54, 1.807) is 17.0 Å². The molecule has 1 fully saturated rings. The van der Waals surface area contributed by atoms with Crippen LogP contribution in [0, 0.1) is 5.82 Å². The normalized spacial score (nSPS) is 13.8. The summed E-state index contributed by atoms with van der Waals surface area (Å²) in [6.45, 7) is 0.684. The van der Waals surface area contributed by atoms with Gasteiger partial charge in [0.2, 0.25) is 0 Å². The Hall–Kier alpha value is -2.11. The van der Waals surface area contributed by atoms with Crippen LogP contribution in [-0.4, -0.2) is 41.1 Å². The molecule has 0 aliphatic heterocycles. The lowest BCUT2D eigenvalue weighted by Crippen LogP contribution is -2.43. The van der Waals surface area contributed by atoms with Crippen molar-refractivity contribution in [3.8, 4) is 0 Å². The van der Waals surface area contributed by atoms with E-state index in [-0.39, 0.29) is 30.9 Å². The highest BCUT2D eigenvalue weighted by molar-refractivity contribution is 5.76. The third-order valence-electron chi connectivity index (χ3n) is 3.42. The van der Waals surface area contributed by atoms with Crippen molar-refractivity contribution in [2.45, 2.75) is 31.7 Å². The van der Waals surface area contributed by atoms with Crippen LogP contribution in [0.1, 0.15) is 24.8 Å². The van der Waals surface area contributed by atoms with Crippen molar-refractivity contribution in [1.82, 2.24) is 10.2 Å². The van der Waals surface area contributed by atoms with Gasteiger partial charge in [-0.3, -0.25) is 4.79 Å². The van der Waals surface area contributed by atoms with Crippen LogP contribution in [-0.2, 0) is 11.2 Å². The molecule has 1 aliphatic rings. The minimum atomic E-state index is -0.903. The van der Waals surface area contributed by atoms with Gasteiger partial charge in [-0.1, -0.05) is 12.1 Å². The second-order valence-corrected chi connectivity index (χ2v) is 5.18. The van der Waals surface area contributed by atoms with E-state index < -0.39 is 5.97 Å². The van der Waals surface area contributed by atoms with Gasteiger partial charge >= 0.3 is 12.0 Å². The topological polar surface area (TPSA) is 69.6 Å². The van der Waals surface area contributed by atoms with Crippen LogP contribution >= 0.6 is 0 Å². The maximum absolute atomic E-state index is 12.8. The average Bonchev–Trinajstić information content (AvgIpc) is 3.25. The quantitative estimate of drug-likeness (QED) is 0.808. The van der Waals surface area contributed by atoms with Crippen molar-refractivity contribution in [1.29, 1.82) is 0 Å². The molecule has 2 rings (SSSR count). The van der Waals surface area contributed by atoms with Gasteiger partial charge in [-0.15, -0.1) is 0 Å². The standard InChI is InChI=1S/C15H19FN2O3/c16-12-3-1-11(2-4-12)7-9-17-15(21)18(13-5-6-13)10-8-14(19)20/h1-4,13H,5-10H2,(H,17,21)(H,19,20). The van der Waals surface area contributed by atoms with Gasteiger partial charge in [-0.2, -0.15) is 0 Å². The lowest BCUT2D eigenvalue weighted by molar-refractivity contribution is -0.137. The van der Waals surface area contributed by atoms with E-state index in [4.69, 9.17) is 5.11 Å². The summed E-state index contributed by atoms with van der Waals surface area (Å²) < 4.78 is 12.8. The molecule has 0 atom stereocenters. The van der Waals surface area contributed by atoms with Crippen LogP contribution in [0.2, 0.25) is 0 Å². The van der Waals surface area contributed by atoms with Gasteiger partial charge in [0.05, 0.1) is 6.42 Å². The summed E-state index contributed by atoms with van der Waals surface area (Å²) in [5.41, 5.74) is 0.945. The molecule has 0 heterocycles. The number of nitrogens with one attached hydrogen (secondary N) is 1. The Bertz CT molecular complexity index is 500. The van der Waals surface area contributed by atoms with Crippen molar-refractivity contribution in [2.75, 3.05) is 13.1 Å². The predicted octanol–water partition coefficient (Wildman–Crippen LogP) is 2.02. The smallest absolute Gasteiger partial charge is 0.317 e. The number of carboxylic acids is 1. The van der Waals surface area contributed by atoms with Crippen molar-refractivity contribution in [3.05, 3.63) is 35.6 Å². The summed E-state index contributed by atoms with van der Waals surface area (Å²) in [4.78, 5) is 24.2. The van der Waals surface area contributed by atoms with Crippen LogP contribution in [0.5, 0.6) is 0 Å². The molecule has 0 saturated heterocycles. The number of hydrogen-bond donors (Lipinski definition) is 2. The van der Waals surface area contributed by atoms with E-state index in [1.165, 1.54) is 12.1 Å². The first-order valence-electron chi connectivity index (χ1n) is 7.07. The Morgan fingerprint density at radius 1 is 1.29 bits per heavy atom. The summed E-state index contributed by atoms with van der Waals surface area (Å²) >= 11 is 0. The first-order valence-corrected chi connectivity index (χ1v) is 7.07. The van der Waals surface area contributed by atoms with Gasteiger partial charge in [0.25, 0.3) is 0 Å². The molecular weight excluding hydrogens is 275 g/mol. The van der Waals surface area contributed by atoms with Gasteiger partial charge in [0, 0.05) is 19.1 Å². The summed E-state index contributed by atoms with van der Waals surface area (Å²) in [7, 11) is 0. The minimum Gasteiger partial charge on any atom is -0.481 e. The third kappa shape index (κ3) is 5.06. The molecule has 0 unspecified atom stereocenters. The highest BCUT2D eigenvalue weighted by atomic mass is 19.1. The monoisotopic (exact) mass is 294 g/mol. The zero-order chi connectivity index (χ0) is 15.2. The Kier molecular flexibility index (Phi) is 5.14. The number of urea groups is 1. The minimum absolute atomic E-state index is 0.0398. The lowest BCUT2D eigenvalue weighted by atomic mass is 10.1. The fourth-order valence-corrected chi connectivity index (χ4v) is 2.12. The van der Waals surface area contributed by atoms with Crippen molar-refractivity contribution in [2.24, 2.45) is 0 Å². The molecule has 1 aliphatic carbocycles. The van der Waals surface area contributed by atoms with E-state index in [1.807, 2.05) is 0 Å². The predicted molar refractivity (Wildman–Crippen MR) is 75.5 cm³/mol. The first-order chi connectivity index (χ1) is 10.1. The summed E-state index contributed by atoms with van der Waals surface area (Å²) in [5, 5.41) is 11.5. The number of carbonyl (C=O) groups is 2. The maximum atomic E-state index is 12.8. The van der Waals surface area contributed by atoms with Crippen molar-refractivity contribution in [3.63, 3.8) is 0 Å². The molecule has 2 N–H and O–H groups in total. The zero-order valence-electron chi connectivity index (χ0n) is 11.7. The van der Waals surface area contributed by atoms with E-state index in [0.29, 0.717) is 13.0 Å². The molecule has 2 amide bonds. The molecular formula is C15H19FN2O3. The fraction of sp³-hybridized carbons (Fsp3) is 0.467. The van der Waals surface area contributed by atoms with Gasteiger partial charge in [0.1, 0.15) is 5.82 Å². The number of carboxylic acid groups (broad SMARTS) is 1. The zero-order valence-corrected chi connectivity index (χ0v) is 11.7. The van der Waals surface area contributed by atoms with E-state index in [0.717, 1.165) is 18.4 Å². The highest BCUT2D eigenvalue weighted by Gasteiger charge is 2.32. The fourth-order valence-electron chi connectivity index (χ4n) is 2.12. The van der Waals surface area contributed by atoms with Crippen LogP contribution in [0.4, 0.5) is 9.18 Å². The van der Waals surface area contributed by atoms with E-state index >= 15 is 0 Å². The second kappa shape index (κ2) is 7.06. The second-order valence-electron chi connectivity index (χ2n) is 5.18. The molecule has 1 aromatic carbocycles. The molecule has 1 saturated carbocycles. The van der Waals surface area contributed by atoms with Crippen molar-refractivity contribution < 1.29 is 19.1 Å². The maximum Gasteiger partial charge on any atom is 0.317 e. The summed E-state index contributed by atoms with van der Waals surface area (Å²) in [5.74, 6) is -1.18. The number of rotatable bonds is 7. The molecule has 0 bridgehead atoms. The molecule has 0 radical (unpaired) electrons. The Labute approximate surface area is 122 Å². The number of hydrogen-bond acceptors (Lipinski definition) is 2. The molecule has 0 spiro atoms. The Morgan fingerprint density at radius 2 is 1.95 bits per heavy atom. The SMILES string of the molecule is O=C(O)CCN(C(=O)NCCc1ccc(F)cc1)C1CC1. The molecule has 6 heteroatoms. The van der Waals surface area contributed by atoms with Crippen LogP contribution in [0.25, 0.3) is 0 Å². The molecule has 1 aromatic rings. The number of aliphatic carboxylic acids is 1. The number of halogens is 1. The van der Waals surface area contributed by atoms with E-state index in [2.05, 4.69) is 5.32 Å². The van der Waals surface area contributed by atoms with Crippen LogP contribution < -0.4 is 5.32 Å². The van der Waals surface area contributed by atoms with Gasteiger partial charge in [0.15, 0.2) is 0 Å². The average molecular weight is 294 g/mol.